The summed E-state index contributed by atoms with van der Waals surface area (Å²) in [4.78, 5) is 5.01. The van der Waals surface area contributed by atoms with Crippen molar-refractivity contribution in [3.05, 3.63) is 65.2 Å². The quantitative estimate of drug-likeness (QED) is 0.557. The Balaban J connectivity index is 0.00000208. The van der Waals surface area contributed by atoms with Gasteiger partial charge in [-0.2, -0.15) is 0 Å². The van der Waals surface area contributed by atoms with E-state index in [0.29, 0.717) is 0 Å². The van der Waals surface area contributed by atoms with Crippen LogP contribution in [0.5, 0.6) is 0 Å². The van der Waals surface area contributed by atoms with E-state index in [1.54, 1.807) is 0 Å². The van der Waals surface area contributed by atoms with Crippen molar-refractivity contribution in [2.24, 2.45) is 0 Å². The first-order valence-electron chi connectivity index (χ1n) is 8.44. The molecule has 0 unspecified atom stereocenters. The molecule has 0 fully saturated rings. The zero-order valence-corrected chi connectivity index (χ0v) is 16.3. The van der Waals surface area contributed by atoms with E-state index in [9.17, 15) is 0 Å². The second-order valence-corrected chi connectivity index (χ2v) is 7.47. The second kappa shape index (κ2) is 8.75. The third kappa shape index (κ3) is 4.24. The van der Waals surface area contributed by atoms with Gasteiger partial charge in [0.2, 0.25) is 0 Å². The fraction of sp³-hybridized carbons (Fsp3) is 0.333. The summed E-state index contributed by atoms with van der Waals surface area (Å²) in [7, 11) is 4.27. The minimum absolute atomic E-state index is 0. The molecule has 2 aromatic carbocycles. The minimum atomic E-state index is 0. The first kappa shape index (κ1) is 19.1. The van der Waals surface area contributed by atoms with E-state index in [0.717, 1.165) is 19.4 Å². The van der Waals surface area contributed by atoms with E-state index in [1.165, 1.54) is 38.5 Å². The highest BCUT2D eigenvalue weighted by atomic mass is 35.5. The van der Waals surface area contributed by atoms with Gasteiger partial charge in [0.05, 0.1) is 0 Å². The van der Waals surface area contributed by atoms with Crippen molar-refractivity contribution in [3.8, 4) is 0 Å². The molecule has 128 valence electrons. The molecule has 0 amide bonds. The van der Waals surface area contributed by atoms with Crippen LogP contribution in [0.3, 0.4) is 0 Å². The van der Waals surface area contributed by atoms with Gasteiger partial charge < -0.3 is 4.90 Å². The summed E-state index contributed by atoms with van der Waals surface area (Å²) >= 11 is 1.90. The van der Waals surface area contributed by atoms with Crippen LogP contribution in [0.15, 0.2) is 58.3 Å². The highest BCUT2D eigenvalue weighted by molar-refractivity contribution is 7.99. The molecule has 0 saturated heterocycles. The van der Waals surface area contributed by atoms with Crippen molar-refractivity contribution in [2.75, 3.05) is 20.6 Å². The van der Waals surface area contributed by atoms with Gasteiger partial charge in [-0.3, -0.25) is 0 Å². The van der Waals surface area contributed by atoms with Crippen molar-refractivity contribution < 1.29 is 0 Å². The molecule has 1 nitrogen and oxygen atoms in total. The smallest absolute Gasteiger partial charge is 0.0201 e. The van der Waals surface area contributed by atoms with Crippen LogP contribution in [-0.4, -0.2) is 25.5 Å². The number of benzene rings is 2. The molecule has 0 radical (unpaired) electrons. The lowest BCUT2D eigenvalue weighted by Gasteiger charge is -2.23. The van der Waals surface area contributed by atoms with E-state index >= 15 is 0 Å². The van der Waals surface area contributed by atoms with Crippen LogP contribution in [0.1, 0.15) is 36.5 Å². The highest BCUT2D eigenvalue weighted by Crippen LogP contribution is 2.45. The molecule has 0 saturated carbocycles. The summed E-state index contributed by atoms with van der Waals surface area (Å²) in [5, 5.41) is 0. The Morgan fingerprint density at radius 3 is 2.50 bits per heavy atom. The predicted molar refractivity (Wildman–Crippen MR) is 109 cm³/mol. The lowest BCUT2D eigenvalue weighted by Crippen LogP contribution is -2.12. The van der Waals surface area contributed by atoms with E-state index in [-0.39, 0.29) is 12.4 Å². The van der Waals surface area contributed by atoms with E-state index < -0.39 is 0 Å². The van der Waals surface area contributed by atoms with Gasteiger partial charge in [0.25, 0.3) is 0 Å². The molecular weight excluding hydrogens is 334 g/mol. The van der Waals surface area contributed by atoms with Crippen LogP contribution in [0, 0.1) is 0 Å². The van der Waals surface area contributed by atoms with E-state index in [2.05, 4.69) is 74.5 Å². The predicted octanol–water partition coefficient (Wildman–Crippen LogP) is 5.91. The van der Waals surface area contributed by atoms with Crippen molar-refractivity contribution in [2.45, 2.75) is 36.0 Å². The summed E-state index contributed by atoms with van der Waals surface area (Å²) in [5.74, 6) is 0. The molecule has 3 rings (SSSR count). The number of hydrogen-bond acceptors (Lipinski definition) is 2. The number of aryl methyl sites for hydroxylation is 1. The van der Waals surface area contributed by atoms with Gasteiger partial charge in [-0.1, -0.05) is 61.5 Å². The van der Waals surface area contributed by atoms with Crippen LogP contribution in [0.4, 0.5) is 0 Å². The Bertz CT molecular complexity index is 722. The molecule has 24 heavy (non-hydrogen) atoms. The maximum absolute atomic E-state index is 2.42. The van der Waals surface area contributed by atoms with Gasteiger partial charge in [0.1, 0.15) is 0 Å². The summed E-state index contributed by atoms with van der Waals surface area (Å²) in [6.45, 7) is 3.33. The number of hydrogen-bond donors (Lipinski definition) is 0. The third-order valence-electron chi connectivity index (χ3n) is 4.19. The van der Waals surface area contributed by atoms with Crippen molar-refractivity contribution in [1.29, 1.82) is 0 Å². The van der Waals surface area contributed by atoms with E-state index in [1.807, 2.05) is 11.8 Å². The summed E-state index contributed by atoms with van der Waals surface area (Å²) in [6, 6.07) is 15.8. The molecule has 0 bridgehead atoms. The van der Waals surface area contributed by atoms with Crippen LogP contribution >= 0.6 is 24.2 Å². The summed E-state index contributed by atoms with van der Waals surface area (Å²) < 4.78 is 0. The number of rotatable bonds is 5. The van der Waals surface area contributed by atoms with Gasteiger partial charge in [-0.05, 0) is 61.3 Å². The molecule has 0 N–H and O–H groups in total. The molecule has 1 aliphatic rings. The van der Waals surface area contributed by atoms with Gasteiger partial charge in [-0.25, -0.2) is 0 Å². The molecule has 2 aromatic rings. The van der Waals surface area contributed by atoms with Gasteiger partial charge in [0.15, 0.2) is 0 Å². The number of nitrogens with zero attached hydrogens (tertiary/aromatic N) is 1. The first-order chi connectivity index (χ1) is 11.2. The molecular formula is C21H26ClNS. The Kier molecular flexibility index (Phi) is 6.97. The van der Waals surface area contributed by atoms with Crippen LogP contribution in [-0.2, 0) is 6.42 Å². The molecule has 1 aliphatic heterocycles. The minimum Gasteiger partial charge on any atom is -0.309 e. The standard InChI is InChI=1S/C21H25NS.ClH/c1-4-8-16-12-13-21-19(15-16)17(10-7-14-22(2)3)18-9-5-6-11-20(18)23-21;/h5-6,9-13,15H,4,7-8,14H2,1-3H3;1H/b17-10+;. The fourth-order valence-corrected chi connectivity index (χ4v) is 4.14. The number of fused-ring (bicyclic) bond motifs is 2. The largest absolute Gasteiger partial charge is 0.309 e. The SMILES string of the molecule is CCCc1ccc2c(c1)/C(=C/CCN(C)C)c1ccccc1S2.Cl. The molecule has 0 aliphatic carbocycles. The van der Waals surface area contributed by atoms with Crippen molar-refractivity contribution in [1.82, 2.24) is 4.90 Å². The summed E-state index contributed by atoms with van der Waals surface area (Å²) in [5.41, 5.74) is 5.66. The van der Waals surface area contributed by atoms with Crippen LogP contribution in [0.25, 0.3) is 5.57 Å². The number of halogens is 1. The summed E-state index contributed by atoms with van der Waals surface area (Å²) in [6.07, 6.45) is 5.86. The average Bonchev–Trinajstić information content (AvgIpc) is 2.54. The first-order valence-corrected chi connectivity index (χ1v) is 9.26. The third-order valence-corrected chi connectivity index (χ3v) is 5.35. The van der Waals surface area contributed by atoms with Crippen molar-refractivity contribution in [3.63, 3.8) is 0 Å². The molecule has 0 aromatic heterocycles. The molecule has 1 heterocycles. The second-order valence-electron chi connectivity index (χ2n) is 6.39. The molecule has 0 spiro atoms. The lowest BCUT2D eigenvalue weighted by atomic mass is 9.94. The van der Waals surface area contributed by atoms with Gasteiger partial charge >= 0.3 is 0 Å². The maximum atomic E-state index is 2.42. The molecule has 0 atom stereocenters. The fourth-order valence-electron chi connectivity index (χ4n) is 3.05. The Labute approximate surface area is 156 Å². The topological polar surface area (TPSA) is 3.24 Å². The maximum Gasteiger partial charge on any atom is 0.0201 e. The lowest BCUT2D eigenvalue weighted by molar-refractivity contribution is 0.417. The Morgan fingerprint density at radius 1 is 1.00 bits per heavy atom. The Hall–Kier alpha value is -1.22. The zero-order valence-electron chi connectivity index (χ0n) is 14.7. The Morgan fingerprint density at radius 2 is 1.75 bits per heavy atom. The van der Waals surface area contributed by atoms with Crippen LogP contribution < -0.4 is 0 Å². The van der Waals surface area contributed by atoms with Gasteiger partial charge in [-0.15, -0.1) is 12.4 Å². The van der Waals surface area contributed by atoms with Crippen LogP contribution in [0.2, 0.25) is 0 Å². The normalized spacial score (nSPS) is 14.2. The molecule has 3 heteroatoms. The average molecular weight is 360 g/mol. The zero-order chi connectivity index (χ0) is 16.2. The van der Waals surface area contributed by atoms with E-state index in [4.69, 9.17) is 0 Å². The monoisotopic (exact) mass is 359 g/mol. The van der Waals surface area contributed by atoms with Gasteiger partial charge in [0, 0.05) is 16.3 Å². The highest BCUT2D eigenvalue weighted by Gasteiger charge is 2.20. The van der Waals surface area contributed by atoms with Crippen molar-refractivity contribution >= 4 is 29.7 Å².